The first kappa shape index (κ1) is 31.3. The zero-order chi connectivity index (χ0) is 30.3. The van der Waals surface area contributed by atoms with Gasteiger partial charge in [-0.1, -0.05) is 91.0 Å². The van der Waals surface area contributed by atoms with Gasteiger partial charge in [-0.25, -0.2) is 4.79 Å². The Morgan fingerprint density at radius 1 is 0.667 bits per heavy atom. The minimum absolute atomic E-state index is 0.0322. The summed E-state index contributed by atoms with van der Waals surface area (Å²) in [5.74, 6) is -4.02. The molecule has 0 unspecified atom stereocenters. The van der Waals surface area contributed by atoms with E-state index in [9.17, 15) is 24.0 Å². The van der Waals surface area contributed by atoms with Crippen molar-refractivity contribution in [1.29, 1.82) is 0 Å². The molecule has 3 rings (SSSR count). The normalized spacial score (nSPS) is 12.9. The molecule has 0 heterocycles. The number of carboxylic acid groups (broad SMARTS) is 1. The third-order valence-corrected chi connectivity index (χ3v) is 6.14. The summed E-state index contributed by atoms with van der Waals surface area (Å²) in [6.45, 7) is 1.34. The summed E-state index contributed by atoms with van der Waals surface area (Å²) in [7, 11) is 0. The van der Waals surface area contributed by atoms with E-state index in [1.54, 1.807) is 30.3 Å². The maximum absolute atomic E-state index is 12.9. The molecule has 3 aromatic carbocycles. The smallest absolute Gasteiger partial charge is 0.329 e. The summed E-state index contributed by atoms with van der Waals surface area (Å²) in [5, 5.41) is 16.6. The molecule has 0 bridgehead atoms. The third kappa shape index (κ3) is 10.7. The first-order valence-corrected chi connectivity index (χ1v) is 13.3. The first-order chi connectivity index (χ1) is 20.2. The van der Waals surface area contributed by atoms with Crippen molar-refractivity contribution in [1.82, 2.24) is 16.0 Å². The average Bonchev–Trinajstić information content (AvgIpc) is 2.99. The second-order valence-corrected chi connectivity index (χ2v) is 9.50. The number of carbonyl (C=O) groups excluding carboxylic acids is 4. The van der Waals surface area contributed by atoms with Crippen LogP contribution in [-0.4, -0.2) is 52.9 Å². The lowest BCUT2D eigenvalue weighted by atomic mass is 10.0. The number of nitrogens with one attached hydrogen (secondary N) is 3. The molecule has 0 radical (unpaired) electrons. The minimum atomic E-state index is -1.22. The standard InChI is InChI=1S/C32H33N3O7/c1-22(31(39)40)33-30(38)26(19-23-11-5-2-6-12-23)34-28(36)17-18-29(37)35-27(20-24-13-7-3-8-14-24)32(41)42-21-25-15-9-4-10-16-25/h2-18,22,26-27H,19-21H2,1H3,(H,33,38)(H,34,36)(H,35,37)(H,39,40)/b18-17-/t22-,26-,27-/m0/s1. The van der Waals surface area contributed by atoms with E-state index in [4.69, 9.17) is 9.84 Å². The van der Waals surface area contributed by atoms with Gasteiger partial charge < -0.3 is 25.8 Å². The van der Waals surface area contributed by atoms with Gasteiger partial charge in [0.15, 0.2) is 0 Å². The Hall–Kier alpha value is -5.25. The van der Waals surface area contributed by atoms with Crippen molar-refractivity contribution < 1.29 is 33.8 Å². The molecule has 0 aromatic heterocycles. The zero-order valence-electron chi connectivity index (χ0n) is 23.1. The predicted octanol–water partition coefficient (Wildman–Crippen LogP) is 2.33. The van der Waals surface area contributed by atoms with E-state index in [-0.39, 0.29) is 19.4 Å². The van der Waals surface area contributed by atoms with Crippen LogP contribution in [0.15, 0.2) is 103 Å². The van der Waals surface area contributed by atoms with E-state index in [0.717, 1.165) is 28.8 Å². The molecular weight excluding hydrogens is 538 g/mol. The van der Waals surface area contributed by atoms with Crippen LogP contribution in [0.5, 0.6) is 0 Å². The van der Waals surface area contributed by atoms with Crippen molar-refractivity contribution in [3.8, 4) is 0 Å². The van der Waals surface area contributed by atoms with Gasteiger partial charge in [0, 0.05) is 25.0 Å². The van der Waals surface area contributed by atoms with Crippen LogP contribution in [0.4, 0.5) is 0 Å². The summed E-state index contributed by atoms with van der Waals surface area (Å²) in [6.07, 6.45) is 2.16. The highest BCUT2D eigenvalue weighted by molar-refractivity contribution is 6.00. The highest BCUT2D eigenvalue weighted by Gasteiger charge is 2.25. The predicted molar refractivity (Wildman–Crippen MR) is 155 cm³/mol. The molecule has 3 atom stereocenters. The molecule has 0 aliphatic carbocycles. The van der Waals surface area contributed by atoms with Crippen LogP contribution in [0.1, 0.15) is 23.6 Å². The van der Waals surface area contributed by atoms with Crippen molar-refractivity contribution in [2.45, 2.75) is 44.5 Å². The topological polar surface area (TPSA) is 151 Å². The Morgan fingerprint density at radius 3 is 1.57 bits per heavy atom. The molecule has 3 aromatic rings. The molecule has 3 amide bonds. The van der Waals surface area contributed by atoms with Gasteiger partial charge in [-0.05, 0) is 23.6 Å². The number of esters is 1. The van der Waals surface area contributed by atoms with E-state index in [1.165, 1.54) is 6.92 Å². The van der Waals surface area contributed by atoms with Crippen LogP contribution < -0.4 is 16.0 Å². The Kier molecular flexibility index (Phi) is 12.0. The Morgan fingerprint density at radius 2 is 1.10 bits per heavy atom. The molecule has 10 nitrogen and oxygen atoms in total. The average molecular weight is 572 g/mol. The molecule has 4 N–H and O–H groups in total. The van der Waals surface area contributed by atoms with E-state index < -0.39 is 47.8 Å². The number of amides is 3. The molecule has 0 saturated carbocycles. The second kappa shape index (κ2) is 16.1. The fraction of sp³-hybridized carbons (Fsp3) is 0.219. The maximum Gasteiger partial charge on any atom is 0.329 e. The van der Waals surface area contributed by atoms with Gasteiger partial charge in [0.2, 0.25) is 17.7 Å². The quantitative estimate of drug-likeness (QED) is 0.171. The number of ether oxygens (including phenoxy) is 1. The van der Waals surface area contributed by atoms with Crippen molar-refractivity contribution in [3.05, 3.63) is 120 Å². The highest BCUT2D eigenvalue weighted by atomic mass is 16.5. The lowest BCUT2D eigenvalue weighted by molar-refractivity contribution is -0.148. The van der Waals surface area contributed by atoms with Gasteiger partial charge in [0.05, 0.1) is 0 Å². The zero-order valence-corrected chi connectivity index (χ0v) is 23.1. The van der Waals surface area contributed by atoms with Gasteiger partial charge in [0.25, 0.3) is 0 Å². The fourth-order valence-corrected chi connectivity index (χ4v) is 3.90. The lowest BCUT2D eigenvalue weighted by Gasteiger charge is -2.19. The van der Waals surface area contributed by atoms with Gasteiger partial charge in [0.1, 0.15) is 24.7 Å². The molecule has 0 aliphatic rings. The van der Waals surface area contributed by atoms with Gasteiger partial charge in [-0.2, -0.15) is 0 Å². The molecule has 0 aliphatic heterocycles. The summed E-state index contributed by atoms with van der Waals surface area (Å²) in [4.78, 5) is 62.2. The Labute approximate surface area is 243 Å². The summed E-state index contributed by atoms with van der Waals surface area (Å²) in [6, 6.07) is 23.8. The molecule has 0 saturated heterocycles. The van der Waals surface area contributed by atoms with Crippen molar-refractivity contribution in [2.75, 3.05) is 0 Å². The molecular formula is C32H33N3O7. The first-order valence-electron chi connectivity index (χ1n) is 13.3. The van der Waals surface area contributed by atoms with E-state index in [2.05, 4.69) is 16.0 Å². The van der Waals surface area contributed by atoms with Crippen LogP contribution in [-0.2, 0) is 48.2 Å². The highest BCUT2D eigenvalue weighted by Crippen LogP contribution is 2.08. The summed E-state index contributed by atoms with van der Waals surface area (Å²) < 4.78 is 5.43. The number of benzene rings is 3. The van der Waals surface area contributed by atoms with E-state index in [0.29, 0.717) is 0 Å². The molecule has 0 spiro atoms. The Balaban J connectivity index is 1.65. The van der Waals surface area contributed by atoms with E-state index in [1.807, 2.05) is 60.7 Å². The third-order valence-electron chi connectivity index (χ3n) is 6.14. The number of aliphatic carboxylic acids is 1. The van der Waals surface area contributed by atoms with Crippen LogP contribution >= 0.6 is 0 Å². The van der Waals surface area contributed by atoms with Crippen molar-refractivity contribution in [3.63, 3.8) is 0 Å². The number of hydrogen-bond donors (Lipinski definition) is 4. The van der Waals surface area contributed by atoms with Crippen LogP contribution in [0.3, 0.4) is 0 Å². The summed E-state index contributed by atoms with van der Waals surface area (Å²) >= 11 is 0. The maximum atomic E-state index is 12.9. The van der Waals surface area contributed by atoms with Crippen molar-refractivity contribution in [2.24, 2.45) is 0 Å². The molecule has 10 heteroatoms. The fourth-order valence-electron chi connectivity index (χ4n) is 3.90. The van der Waals surface area contributed by atoms with Crippen LogP contribution in [0, 0.1) is 0 Å². The number of hydrogen-bond acceptors (Lipinski definition) is 6. The molecule has 42 heavy (non-hydrogen) atoms. The molecule has 218 valence electrons. The van der Waals surface area contributed by atoms with Gasteiger partial charge in [-0.15, -0.1) is 0 Å². The number of rotatable bonds is 14. The molecule has 0 fully saturated rings. The monoisotopic (exact) mass is 571 g/mol. The van der Waals surface area contributed by atoms with Crippen molar-refractivity contribution >= 4 is 29.7 Å². The second-order valence-electron chi connectivity index (χ2n) is 9.50. The largest absolute Gasteiger partial charge is 0.480 e. The number of carbonyl (C=O) groups is 5. The van der Waals surface area contributed by atoms with Gasteiger partial charge >= 0.3 is 11.9 Å². The van der Waals surface area contributed by atoms with E-state index >= 15 is 0 Å². The Bertz CT molecular complexity index is 1380. The van der Waals surface area contributed by atoms with Crippen LogP contribution in [0.2, 0.25) is 0 Å². The van der Waals surface area contributed by atoms with Gasteiger partial charge in [-0.3, -0.25) is 19.2 Å². The minimum Gasteiger partial charge on any atom is -0.480 e. The van der Waals surface area contributed by atoms with Crippen LogP contribution in [0.25, 0.3) is 0 Å². The lowest BCUT2D eigenvalue weighted by Crippen LogP contribution is -2.51. The number of carboxylic acids is 1. The SMILES string of the molecule is C[C@H](NC(=O)[C@H](Cc1ccccc1)NC(=O)/C=C\C(=O)N[C@@H](Cc1ccccc1)C(=O)OCc1ccccc1)C(=O)O. The summed E-state index contributed by atoms with van der Waals surface area (Å²) in [5.41, 5.74) is 2.33.